The number of rotatable bonds is 4. The molecule has 3 nitrogen and oxygen atoms in total. The maximum atomic E-state index is 5.04. The highest BCUT2D eigenvalue weighted by molar-refractivity contribution is 5.93. The molecule has 0 aliphatic rings. The molecular formula is C35H23N3. The monoisotopic (exact) mass is 485 g/mol. The van der Waals surface area contributed by atoms with Gasteiger partial charge in [-0.25, -0.2) is 9.97 Å². The molecule has 0 saturated carbocycles. The molecule has 38 heavy (non-hydrogen) atoms. The minimum Gasteiger partial charge on any atom is -0.256 e. The van der Waals surface area contributed by atoms with Gasteiger partial charge in [0.05, 0.1) is 16.9 Å². The normalized spacial score (nSPS) is 11.2. The molecule has 3 heteroatoms. The predicted molar refractivity (Wildman–Crippen MR) is 157 cm³/mol. The van der Waals surface area contributed by atoms with Crippen molar-refractivity contribution in [2.45, 2.75) is 0 Å². The van der Waals surface area contributed by atoms with Crippen LogP contribution < -0.4 is 0 Å². The number of pyridine rings is 1. The van der Waals surface area contributed by atoms with Crippen LogP contribution in [0, 0.1) is 0 Å². The van der Waals surface area contributed by atoms with Gasteiger partial charge < -0.3 is 0 Å². The van der Waals surface area contributed by atoms with Gasteiger partial charge in [-0.1, -0.05) is 115 Å². The molecule has 0 radical (unpaired) electrons. The van der Waals surface area contributed by atoms with Crippen LogP contribution in [0.2, 0.25) is 0 Å². The highest BCUT2D eigenvalue weighted by atomic mass is 14.9. The van der Waals surface area contributed by atoms with E-state index >= 15 is 0 Å². The van der Waals surface area contributed by atoms with Crippen LogP contribution in [0.1, 0.15) is 0 Å². The molecule has 178 valence electrons. The maximum absolute atomic E-state index is 5.04. The number of fused-ring (bicyclic) bond motifs is 2. The smallest absolute Gasteiger partial charge is 0.160 e. The van der Waals surface area contributed by atoms with Crippen molar-refractivity contribution >= 4 is 21.7 Å². The maximum Gasteiger partial charge on any atom is 0.160 e. The third-order valence-corrected chi connectivity index (χ3v) is 6.93. The summed E-state index contributed by atoms with van der Waals surface area (Å²) in [4.78, 5) is 14.7. The second-order valence-electron chi connectivity index (χ2n) is 9.35. The Kier molecular flexibility index (Phi) is 5.45. The summed E-state index contributed by atoms with van der Waals surface area (Å²) in [7, 11) is 0. The van der Waals surface area contributed by atoms with Crippen molar-refractivity contribution in [2.24, 2.45) is 0 Å². The van der Waals surface area contributed by atoms with E-state index in [9.17, 15) is 0 Å². The van der Waals surface area contributed by atoms with Crippen LogP contribution in [0.25, 0.3) is 66.7 Å². The quantitative estimate of drug-likeness (QED) is 0.250. The van der Waals surface area contributed by atoms with Crippen molar-refractivity contribution in [1.82, 2.24) is 15.0 Å². The van der Waals surface area contributed by atoms with Crippen molar-refractivity contribution in [3.05, 3.63) is 140 Å². The fourth-order valence-electron chi connectivity index (χ4n) is 4.97. The van der Waals surface area contributed by atoms with Crippen LogP contribution in [-0.4, -0.2) is 15.0 Å². The molecular weight excluding hydrogens is 462 g/mol. The lowest BCUT2D eigenvalue weighted by atomic mass is 10.00. The number of hydrogen-bond acceptors (Lipinski definition) is 3. The third-order valence-electron chi connectivity index (χ3n) is 6.93. The molecule has 2 aromatic heterocycles. The summed E-state index contributed by atoms with van der Waals surface area (Å²) >= 11 is 0. The second kappa shape index (κ2) is 9.38. The number of nitrogens with zero attached hydrogens (tertiary/aromatic N) is 3. The first-order valence-electron chi connectivity index (χ1n) is 12.7. The molecule has 7 rings (SSSR count). The van der Waals surface area contributed by atoms with E-state index in [1.54, 1.807) is 0 Å². The fourth-order valence-corrected chi connectivity index (χ4v) is 4.97. The van der Waals surface area contributed by atoms with E-state index in [0.717, 1.165) is 50.1 Å². The van der Waals surface area contributed by atoms with Gasteiger partial charge in [-0.15, -0.1) is 0 Å². The first-order valence-corrected chi connectivity index (χ1v) is 12.7. The van der Waals surface area contributed by atoms with Crippen LogP contribution >= 0.6 is 0 Å². The molecule has 0 saturated heterocycles. The van der Waals surface area contributed by atoms with Crippen molar-refractivity contribution in [1.29, 1.82) is 0 Å². The lowest BCUT2D eigenvalue weighted by Gasteiger charge is -2.11. The molecule has 2 heterocycles. The molecule has 0 spiro atoms. The van der Waals surface area contributed by atoms with Gasteiger partial charge in [0, 0.05) is 33.8 Å². The number of benzene rings is 5. The summed E-state index contributed by atoms with van der Waals surface area (Å²) in [6.07, 6.45) is 1.84. The van der Waals surface area contributed by atoms with Crippen molar-refractivity contribution in [3.8, 4) is 45.0 Å². The lowest BCUT2D eigenvalue weighted by Crippen LogP contribution is -1.96. The zero-order chi connectivity index (χ0) is 25.3. The van der Waals surface area contributed by atoms with Gasteiger partial charge in [0.1, 0.15) is 0 Å². The summed E-state index contributed by atoms with van der Waals surface area (Å²) in [5, 5.41) is 3.54. The average molecular weight is 486 g/mol. The zero-order valence-corrected chi connectivity index (χ0v) is 20.6. The largest absolute Gasteiger partial charge is 0.256 e. The Balaban J connectivity index is 1.34. The van der Waals surface area contributed by atoms with Gasteiger partial charge in [0.15, 0.2) is 5.82 Å². The van der Waals surface area contributed by atoms with Crippen LogP contribution in [0.15, 0.2) is 140 Å². The molecule has 0 N–H and O–H groups in total. The number of hydrogen-bond donors (Lipinski definition) is 0. The third kappa shape index (κ3) is 4.10. The predicted octanol–water partition coefficient (Wildman–Crippen LogP) is 8.85. The Hall–Kier alpha value is -5.15. The van der Waals surface area contributed by atoms with Gasteiger partial charge >= 0.3 is 0 Å². The van der Waals surface area contributed by atoms with Gasteiger partial charge in [-0.3, -0.25) is 4.98 Å². The van der Waals surface area contributed by atoms with Crippen molar-refractivity contribution in [3.63, 3.8) is 0 Å². The fraction of sp³-hybridized carbons (Fsp3) is 0. The SMILES string of the molecule is c1ccc(-c2cc(-c3ccc4ccccc4c3)nc(-c3ccc(-c4cccc5cccnc45)cc3)n2)cc1. The van der Waals surface area contributed by atoms with E-state index < -0.39 is 0 Å². The summed E-state index contributed by atoms with van der Waals surface area (Å²) in [6, 6.07) is 46.1. The van der Waals surface area contributed by atoms with E-state index in [2.05, 4.69) is 114 Å². The lowest BCUT2D eigenvalue weighted by molar-refractivity contribution is 1.18. The van der Waals surface area contributed by atoms with Crippen LogP contribution in [-0.2, 0) is 0 Å². The van der Waals surface area contributed by atoms with E-state index in [-0.39, 0.29) is 0 Å². The van der Waals surface area contributed by atoms with Gasteiger partial charge in [-0.05, 0) is 34.5 Å². The molecule has 0 atom stereocenters. The van der Waals surface area contributed by atoms with Crippen molar-refractivity contribution in [2.75, 3.05) is 0 Å². The highest BCUT2D eigenvalue weighted by Gasteiger charge is 2.12. The Morgan fingerprint density at radius 3 is 1.89 bits per heavy atom. The number of aromatic nitrogens is 3. The van der Waals surface area contributed by atoms with E-state index in [4.69, 9.17) is 9.97 Å². The molecule has 7 aromatic rings. The van der Waals surface area contributed by atoms with Crippen molar-refractivity contribution < 1.29 is 0 Å². The first-order chi connectivity index (χ1) is 18.8. The molecule has 0 amide bonds. The first kappa shape index (κ1) is 22.1. The summed E-state index contributed by atoms with van der Waals surface area (Å²) in [6.45, 7) is 0. The second-order valence-corrected chi connectivity index (χ2v) is 9.35. The molecule has 0 unspecified atom stereocenters. The zero-order valence-electron chi connectivity index (χ0n) is 20.6. The standard InChI is InChI=1S/C35H23N3/c1-2-9-26(10-3-1)32-23-33(30-20-15-24-8-4-5-11-29(24)22-30)38-35(37-32)28-18-16-25(17-19-28)31-14-6-12-27-13-7-21-36-34(27)31/h1-23H. The summed E-state index contributed by atoms with van der Waals surface area (Å²) in [5.74, 6) is 0.706. The van der Waals surface area contributed by atoms with Crippen LogP contribution in [0.3, 0.4) is 0 Å². The molecule has 0 fully saturated rings. The van der Waals surface area contributed by atoms with Gasteiger partial charge in [-0.2, -0.15) is 0 Å². The topological polar surface area (TPSA) is 38.7 Å². The van der Waals surface area contributed by atoms with Crippen LogP contribution in [0.5, 0.6) is 0 Å². The Morgan fingerprint density at radius 2 is 1.05 bits per heavy atom. The van der Waals surface area contributed by atoms with E-state index in [1.165, 1.54) is 10.8 Å². The Bertz CT molecular complexity index is 1900. The van der Waals surface area contributed by atoms with Crippen LogP contribution in [0.4, 0.5) is 0 Å². The highest BCUT2D eigenvalue weighted by Crippen LogP contribution is 2.32. The summed E-state index contributed by atoms with van der Waals surface area (Å²) in [5.41, 5.74) is 8.16. The molecule has 0 aliphatic carbocycles. The van der Waals surface area contributed by atoms with Gasteiger partial charge in [0.2, 0.25) is 0 Å². The average Bonchev–Trinajstić information content (AvgIpc) is 3.01. The minimum atomic E-state index is 0.706. The molecule has 5 aromatic carbocycles. The molecule has 0 bridgehead atoms. The van der Waals surface area contributed by atoms with E-state index in [1.807, 2.05) is 30.5 Å². The minimum absolute atomic E-state index is 0.706. The molecule has 0 aliphatic heterocycles. The van der Waals surface area contributed by atoms with Gasteiger partial charge in [0.25, 0.3) is 0 Å². The Morgan fingerprint density at radius 1 is 0.395 bits per heavy atom. The number of para-hydroxylation sites is 1. The van der Waals surface area contributed by atoms with E-state index in [0.29, 0.717) is 5.82 Å². The Labute approximate surface area is 221 Å². The summed E-state index contributed by atoms with van der Waals surface area (Å²) < 4.78 is 0.